The number of rotatable bonds is 2. The SMILES string of the molecule is Cc1cc(-n2c(=O)cc(C(F)(F)F)n(C)c2=O)ccc1C(N)=S. The van der Waals surface area contributed by atoms with Gasteiger partial charge in [0.25, 0.3) is 5.56 Å². The summed E-state index contributed by atoms with van der Waals surface area (Å²) in [6, 6.07) is 4.76. The van der Waals surface area contributed by atoms with E-state index in [1.54, 1.807) is 6.92 Å². The first kappa shape index (κ1) is 16.9. The van der Waals surface area contributed by atoms with Gasteiger partial charge >= 0.3 is 11.9 Å². The second-order valence-corrected chi connectivity index (χ2v) is 5.35. The predicted octanol–water partition coefficient (Wildman–Crippen LogP) is 1.50. The maximum atomic E-state index is 12.8. The Labute approximate surface area is 133 Å². The van der Waals surface area contributed by atoms with Crippen molar-refractivity contribution in [1.29, 1.82) is 0 Å². The second-order valence-electron chi connectivity index (χ2n) is 4.91. The highest BCUT2D eigenvalue weighted by Crippen LogP contribution is 2.27. The normalized spacial score (nSPS) is 11.5. The zero-order chi connectivity index (χ0) is 17.5. The Balaban J connectivity index is 2.74. The van der Waals surface area contributed by atoms with Gasteiger partial charge in [0.15, 0.2) is 0 Å². The number of thiocarbonyl (C=S) groups is 1. The van der Waals surface area contributed by atoms with Gasteiger partial charge in [0.1, 0.15) is 10.7 Å². The summed E-state index contributed by atoms with van der Waals surface area (Å²) >= 11 is 4.86. The molecule has 0 radical (unpaired) electrons. The van der Waals surface area contributed by atoms with Crippen LogP contribution in [0.2, 0.25) is 0 Å². The Hall–Kier alpha value is -2.42. The van der Waals surface area contributed by atoms with Gasteiger partial charge in [0.05, 0.1) is 5.69 Å². The monoisotopic (exact) mass is 343 g/mol. The van der Waals surface area contributed by atoms with Gasteiger partial charge in [-0.05, 0) is 30.7 Å². The first-order chi connectivity index (χ1) is 10.5. The number of aromatic nitrogens is 2. The van der Waals surface area contributed by atoms with Crippen molar-refractivity contribution in [2.45, 2.75) is 13.1 Å². The molecule has 1 aromatic carbocycles. The van der Waals surface area contributed by atoms with E-state index in [-0.39, 0.29) is 10.7 Å². The van der Waals surface area contributed by atoms with E-state index in [2.05, 4.69) is 0 Å². The summed E-state index contributed by atoms with van der Waals surface area (Å²) in [4.78, 5) is 24.3. The van der Waals surface area contributed by atoms with Crippen LogP contribution in [0.1, 0.15) is 16.8 Å². The van der Waals surface area contributed by atoms with Crippen LogP contribution in [-0.4, -0.2) is 14.1 Å². The fraction of sp³-hybridized carbons (Fsp3) is 0.214. The zero-order valence-electron chi connectivity index (χ0n) is 12.1. The number of alkyl halides is 3. The minimum Gasteiger partial charge on any atom is -0.389 e. The Kier molecular flexibility index (Phi) is 4.16. The maximum Gasteiger partial charge on any atom is 0.431 e. The number of hydrogen-bond donors (Lipinski definition) is 1. The van der Waals surface area contributed by atoms with Crippen molar-refractivity contribution in [2.75, 3.05) is 0 Å². The molecule has 2 rings (SSSR count). The van der Waals surface area contributed by atoms with Gasteiger partial charge in [-0.2, -0.15) is 13.2 Å². The Morgan fingerprint density at radius 2 is 1.83 bits per heavy atom. The molecule has 0 fully saturated rings. The summed E-state index contributed by atoms with van der Waals surface area (Å²) in [6.07, 6.45) is -4.79. The molecule has 0 aliphatic rings. The largest absolute Gasteiger partial charge is 0.431 e. The summed E-state index contributed by atoms with van der Waals surface area (Å²) in [5.41, 5.74) is 3.36. The smallest absolute Gasteiger partial charge is 0.389 e. The molecular weight excluding hydrogens is 331 g/mol. The van der Waals surface area contributed by atoms with Gasteiger partial charge in [0.2, 0.25) is 0 Å². The number of nitrogens with zero attached hydrogens (tertiary/aromatic N) is 2. The minimum absolute atomic E-state index is 0.140. The van der Waals surface area contributed by atoms with Crippen LogP contribution in [0.4, 0.5) is 13.2 Å². The van der Waals surface area contributed by atoms with Crippen molar-refractivity contribution < 1.29 is 13.2 Å². The van der Waals surface area contributed by atoms with Gasteiger partial charge < -0.3 is 5.73 Å². The van der Waals surface area contributed by atoms with Crippen molar-refractivity contribution in [3.63, 3.8) is 0 Å². The molecule has 122 valence electrons. The van der Waals surface area contributed by atoms with Crippen LogP contribution in [0.25, 0.3) is 5.69 Å². The fourth-order valence-corrected chi connectivity index (χ4v) is 2.43. The van der Waals surface area contributed by atoms with Gasteiger partial charge in [-0.15, -0.1) is 0 Å². The second kappa shape index (κ2) is 5.65. The summed E-state index contributed by atoms with van der Waals surface area (Å²) in [7, 11) is 0.956. The average Bonchev–Trinajstić information content (AvgIpc) is 2.41. The van der Waals surface area contributed by atoms with Crippen molar-refractivity contribution in [1.82, 2.24) is 9.13 Å². The number of nitrogens with two attached hydrogens (primary N) is 1. The van der Waals surface area contributed by atoms with Crippen LogP contribution < -0.4 is 17.0 Å². The van der Waals surface area contributed by atoms with Crippen molar-refractivity contribution in [2.24, 2.45) is 12.8 Å². The third-order valence-corrected chi connectivity index (χ3v) is 3.56. The Morgan fingerprint density at radius 3 is 2.30 bits per heavy atom. The predicted molar refractivity (Wildman–Crippen MR) is 82.9 cm³/mol. The molecule has 1 heterocycles. The molecule has 2 aromatic rings. The summed E-state index contributed by atoms with van der Waals surface area (Å²) in [5, 5.41) is 0. The first-order valence-corrected chi connectivity index (χ1v) is 6.76. The minimum atomic E-state index is -4.79. The zero-order valence-corrected chi connectivity index (χ0v) is 13.0. The van der Waals surface area contributed by atoms with Gasteiger partial charge in [-0.1, -0.05) is 12.2 Å². The molecule has 0 spiro atoms. The molecule has 0 saturated carbocycles. The van der Waals surface area contributed by atoms with E-state index in [9.17, 15) is 22.8 Å². The highest BCUT2D eigenvalue weighted by Gasteiger charge is 2.35. The maximum absolute atomic E-state index is 12.8. The molecule has 0 saturated heterocycles. The average molecular weight is 343 g/mol. The van der Waals surface area contributed by atoms with E-state index < -0.39 is 23.1 Å². The van der Waals surface area contributed by atoms with Crippen LogP contribution in [0.5, 0.6) is 0 Å². The van der Waals surface area contributed by atoms with Crippen molar-refractivity contribution in [3.05, 3.63) is 61.9 Å². The van der Waals surface area contributed by atoms with Crippen LogP contribution in [-0.2, 0) is 13.2 Å². The summed E-state index contributed by atoms with van der Waals surface area (Å²) in [5.74, 6) is 0. The quantitative estimate of drug-likeness (QED) is 0.839. The lowest BCUT2D eigenvalue weighted by Gasteiger charge is -2.14. The number of hydrogen-bond acceptors (Lipinski definition) is 3. The molecule has 0 atom stereocenters. The standard InChI is InChI=1S/C14H12F3N3O2S/c1-7-5-8(3-4-9(7)12(18)23)20-11(21)6-10(14(15,16)17)19(2)13(20)22/h3-6H,1-2H3,(H2,18,23). The Morgan fingerprint density at radius 1 is 1.22 bits per heavy atom. The highest BCUT2D eigenvalue weighted by atomic mass is 32.1. The third-order valence-electron chi connectivity index (χ3n) is 3.34. The number of aryl methyl sites for hydroxylation is 1. The highest BCUT2D eigenvalue weighted by molar-refractivity contribution is 7.80. The summed E-state index contributed by atoms with van der Waals surface area (Å²) < 4.78 is 39.5. The molecule has 9 heteroatoms. The lowest BCUT2D eigenvalue weighted by Crippen LogP contribution is -2.40. The molecule has 0 unspecified atom stereocenters. The van der Waals surface area contributed by atoms with Gasteiger partial charge in [-0.3, -0.25) is 9.36 Å². The van der Waals surface area contributed by atoms with Crippen LogP contribution >= 0.6 is 12.2 Å². The van der Waals surface area contributed by atoms with Gasteiger partial charge in [-0.25, -0.2) is 9.36 Å². The summed E-state index contributed by atoms with van der Waals surface area (Å²) in [6.45, 7) is 1.66. The molecule has 23 heavy (non-hydrogen) atoms. The van der Waals surface area contributed by atoms with Crippen LogP contribution in [0.3, 0.4) is 0 Å². The molecule has 0 aliphatic heterocycles. The molecule has 0 amide bonds. The van der Waals surface area contributed by atoms with Crippen molar-refractivity contribution in [3.8, 4) is 5.69 Å². The molecule has 0 bridgehead atoms. The van der Waals surface area contributed by atoms with Crippen LogP contribution in [0.15, 0.2) is 33.9 Å². The first-order valence-electron chi connectivity index (χ1n) is 6.35. The van der Waals surface area contributed by atoms with E-state index in [1.807, 2.05) is 0 Å². The van der Waals surface area contributed by atoms with E-state index in [0.29, 0.717) is 26.3 Å². The number of halogens is 3. The van der Waals surface area contributed by atoms with Gasteiger partial charge in [0, 0.05) is 18.7 Å². The van der Waals surface area contributed by atoms with Crippen molar-refractivity contribution >= 4 is 17.2 Å². The third kappa shape index (κ3) is 3.04. The topological polar surface area (TPSA) is 70.0 Å². The molecule has 0 aliphatic carbocycles. The van der Waals surface area contributed by atoms with E-state index >= 15 is 0 Å². The lowest BCUT2D eigenvalue weighted by molar-refractivity contribution is -0.144. The molecule has 1 aromatic heterocycles. The molecular formula is C14H12F3N3O2S. The fourth-order valence-electron chi connectivity index (χ4n) is 2.20. The number of benzene rings is 1. The van der Waals surface area contributed by atoms with E-state index in [0.717, 1.165) is 7.05 Å². The molecule has 5 nitrogen and oxygen atoms in total. The molecule has 2 N–H and O–H groups in total. The van der Waals surface area contributed by atoms with E-state index in [1.165, 1.54) is 18.2 Å². The lowest BCUT2D eigenvalue weighted by atomic mass is 10.1. The Bertz CT molecular complexity index is 913. The van der Waals surface area contributed by atoms with E-state index in [4.69, 9.17) is 18.0 Å². The van der Waals surface area contributed by atoms with Crippen LogP contribution in [0, 0.1) is 6.92 Å².